The van der Waals surface area contributed by atoms with Gasteiger partial charge in [0.25, 0.3) is 0 Å². The molecule has 0 radical (unpaired) electrons. The van der Waals surface area contributed by atoms with Crippen LogP contribution in [0.3, 0.4) is 0 Å². The van der Waals surface area contributed by atoms with Crippen LogP contribution in [0.2, 0.25) is 0 Å². The van der Waals surface area contributed by atoms with E-state index in [1.54, 1.807) is 11.1 Å². The van der Waals surface area contributed by atoms with E-state index in [9.17, 15) is 0 Å². The van der Waals surface area contributed by atoms with Crippen molar-refractivity contribution in [3.05, 3.63) is 11.1 Å². The summed E-state index contributed by atoms with van der Waals surface area (Å²) in [5, 5.41) is 3.31. The second-order valence-electron chi connectivity index (χ2n) is 4.92. The molecular formula is C12H23N3. The van der Waals surface area contributed by atoms with Gasteiger partial charge in [-0.05, 0) is 39.1 Å². The van der Waals surface area contributed by atoms with E-state index in [2.05, 4.69) is 29.1 Å². The quantitative estimate of drug-likeness (QED) is 0.670. The molecule has 2 aliphatic rings. The second kappa shape index (κ2) is 5.10. The summed E-state index contributed by atoms with van der Waals surface area (Å²) in [6.07, 6.45) is 1.32. The van der Waals surface area contributed by atoms with Gasteiger partial charge in [-0.15, -0.1) is 0 Å². The Kier molecular flexibility index (Phi) is 3.78. The van der Waals surface area contributed by atoms with Crippen LogP contribution in [0.1, 0.15) is 13.3 Å². The maximum atomic E-state index is 3.31. The van der Waals surface area contributed by atoms with E-state index in [4.69, 9.17) is 0 Å². The van der Waals surface area contributed by atoms with Gasteiger partial charge >= 0.3 is 0 Å². The normalized spacial score (nSPS) is 24.8. The lowest BCUT2D eigenvalue weighted by Crippen LogP contribution is -2.37. The van der Waals surface area contributed by atoms with Crippen LogP contribution in [0, 0.1) is 0 Å². The van der Waals surface area contributed by atoms with Crippen molar-refractivity contribution in [1.82, 2.24) is 15.1 Å². The molecule has 0 unspecified atom stereocenters. The van der Waals surface area contributed by atoms with Crippen LogP contribution in [-0.2, 0) is 0 Å². The van der Waals surface area contributed by atoms with Gasteiger partial charge in [0.05, 0.1) is 0 Å². The lowest BCUT2D eigenvalue weighted by Gasteiger charge is -2.26. The summed E-state index contributed by atoms with van der Waals surface area (Å²) < 4.78 is 0. The molecule has 0 spiro atoms. The molecule has 0 saturated carbocycles. The van der Waals surface area contributed by atoms with E-state index in [1.165, 1.54) is 39.1 Å². The number of nitrogens with one attached hydrogen (secondary N) is 1. The van der Waals surface area contributed by atoms with E-state index >= 15 is 0 Å². The summed E-state index contributed by atoms with van der Waals surface area (Å²) in [6, 6.07) is 0. The highest BCUT2D eigenvalue weighted by Crippen LogP contribution is 2.11. The predicted octanol–water partition coefficient (Wildman–Crippen LogP) is 0.544. The van der Waals surface area contributed by atoms with Crippen LogP contribution in [0.4, 0.5) is 0 Å². The summed E-state index contributed by atoms with van der Waals surface area (Å²) in [5.74, 6) is 0. The average molecular weight is 209 g/mol. The van der Waals surface area contributed by atoms with Crippen LogP contribution in [0.25, 0.3) is 0 Å². The third kappa shape index (κ3) is 3.03. The van der Waals surface area contributed by atoms with Crippen molar-refractivity contribution in [2.24, 2.45) is 0 Å². The minimum Gasteiger partial charge on any atom is -0.309 e. The maximum Gasteiger partial charge on any atom is 0.0194 e. The molecule has 0 aromatic rings. The summed E-state index contributed by atoms with van der Waals surface area (Å²) in [7, 11) is 2.23. The highest BCUT2D eigenvalue weighted by molar-refractivity contribution is 5.22. The topological polar surface area (TPSA) is 18.5 Å². The van der Waals surface area contributed by atoms with Crippen molar-refractivity contribution in [3.63, 3.8) is 0 Å². The zero-order valence-corrected chi connectivity index (χ0v) is 10.1. The Labute approximate surface area is 93.1 Å². The summed E-state index contributed by atoms with van der Waals surface area (Å²) in [5.41, 5.74) is 3.23. The van der Waals surface area contributed by atoms with Crippen molar-refractivity contribution in [3.8, 4) is 0 Å². The van der Waals surface area contributed by atoms with E-state index < -0.39 is 0 Å². The molecule has 2 fully saturated rings. The average Bonchev–Trinajstić information content (AvgIpc) is 2.28. The molecule has 1 N–H and O–H groups in total. The van der Waals surface area contributed by atoms with Gasteiger partial charge in [0.1, 0.15) is 0 Å². The number of nitrogens with zero attached hydrogens (tertiary/aromatic N) is 2. The van der Waals surface area contributed by atoms with Crippen LogP contribution in [-0.4, -0.2) is 62.7 Å². The summed E-state index contributed by atoms with van der Waals surface area (Å²) >= 11 is 0. The fraction of sp³-hybridized carbons (Fsp3) is 0.833. The molecular weight excluding hydrogens is 186 g/mol. The number of hydrogen-bond donors (Lipinski definition) is 1. The van der Waals surface area contributed by atoms with Gasteiger partial charge in [-0.2, -0.15) is 0 Å². The molecule has 0 aromatic heterocycles. The van der Waals surface area contributed by atoms with Gasteiger partial charge in [-0.3, -0.25) is 4.90 Å². The van der Waals surface area contributed by atoms with E-state index in [-0.39, 0.29) is 0 Å². The zero-order chi connectivity index (χ0) is 10.7. The number of likely N-dealkylation sites (N-methyl/N-ethyl adjacent to an activating group) is 1. The van der Waals surface area contributed by atoms with Crippen molar-refractivity contribution < 1.29 is 0 Å². The first-order valence-corrected chi connectivity index (χ1v) is 6.05. The number of rotatable bonds is 2. The maximum absolute atomic E-state index is 3.31. The standard InChI is InChI=1S/C12H23N3/c1-11(12-8-13-9-12)10-15-5-3-4-14(2)6-7-15/h13H,3-10H2,1-2H3. The Morgan fingerprint density at radius 3 is 2.67 bits per heavy atom. The Morgan fingerprint density at radius 1 is 1.20 bits per heavy atom. The van der Waals surface area contributed by atoms with Gasteiger partial charge in [0, 0.05) is 32.7 Å². The minimum atomic E-state index is 1.12. The second-order valence-corrected chi connectivity index (χ2v) is 4.92. The summed E-state index contributed by atoms with van der Waals surface area (Å²) in [6.45, 7) is 10.7. The molecule has 0 atom stereocenters. The van der Waals surface area contributed by atoms with Crippen molar-refractivity contribution in [2.45, 2.75) is 13.3 Å². The molecule has 0 amide bonds. The largest absolute Gasteiger partial charge is 0.309 e. The van der Waals surface area contributed by atoms with Gasteiger partial charge in [0.15, 0.2) is 0 Å². The Bertz CT molecular complexity index is 241. The van der Waals surface area contributed by atoms with Crippen LogP contribution >= 0.6 is 0 Å². The van der Waals surface area contributed by atoms with E-state index in [0.717, 1.165) is 13.1 Å². The van der Waals surface area contributed by atoms with Gasteiger partial charge in [-0.25, -0.2) is 0 Å². The minimum absolute atomic E-state index is 1.12. The molecule has 3 nitrogen and oxygen atoms in total. The molecule has 0 aliphatic carbocycles. The molecule has 86 valence electrons. The third-order valence-corrected chi connectivity index (χ3v) is 3.55. The van der Waals surface area contributed by atoms with Crippen molar-refractivity contribution >= 4 is 0 Å². The Hall–Kier alpha value is -0.380. The fourth-order valence-electron chi connectivity index (χ4n) is 2.26. The first kappa shape index (κ1) is 11.1. The molecule has 0 bridgehead atoms. The molecule has 2 saturated heterocycles. The van der Waals surface area contributed by atoms with Crippen molar-refractivity contribution in [2.75, 3.05) is 52.9 Å². The first-order chi connectivity index (χ1) is 7.25. The Balaban J connectivity index is 1.83. The lowest BCUT2D eigenvalue weighted by molar-refractivity contribution is 0.293. The lowest BCUT2D eigenvalue weighted by atomic mass is 10.0. The molecule has 3 heteroatoms. The van der Waals surface area contributed by atoms with Crippen LogP contribution in [0.15, 0.2) is 11.1 Å². The molecule has 2 heterocycles. The smallest absolute Gasteiger partial charge is 0.0194 e. The fourth-order valence-corrected chi connectivity index (χ4v) is 2.26. The number of hydrogen-bond acceptors (Lipinski definition) is 3. The van der Waals surface area contributed by atoms with E-state index in [0.29, 0.717) is 0 Å². The van der Waals surface area contributed by atoms with Crippen LogP contribution in [0.5, 0.6) is 0 Å². The summed E-state index contributed by atoms with van der Waals surface area (Å²) in [4.78, 5) is 5.04. The van der Waals surface area contributed by atoms with E-state index in [1.807, 2.05) is 0 Å². The predicted molar refractivity (Wildman–Crippen MR) is 64.1 cm³/mol. The van der Waals surface area contributed by atoms with Crippen molar-refractivity contribution in [1.29, 1.82) is 0 Å². The van der Waals surface area contributed by atoms with Gasteiger partial charge in [-0.1, -0.05) is 5.57 Å². The zero-order valence-electron chi connectivity index (χ0n) is 10.1. The highest BCUT2D eigenvalue weighted by Gasteiger charge is 2.15. The highest BCUT2D eigenvalue weighted by atomic mass is 15.2. The SMILES string of the molecule is CC(CN1CCCN(C)CC1)=C1CNC1. The Morgan fingerprint density at radius 2 is 2.00 bits per heavy atom. The third-order valence-electron chi connectivity index (χ3n) is 3.55. The van der Waals surface area contributed by atoms with Crippen LogP contribution < -0.4 is 5.32 Å². The molecule has 2 aliphatic heterocycles. The molecule has 0 aromatic carbocycles. The molecule has 2 rings (SSSR count). The molecule has 15 heavy (non-hydrogen) atoms. The monoisotopic (exact) mass is 209 g/mol. The van der Waals surface area contributed by atoms with Gasteiger partial charge < -0.3 is 10.2 Å². The van der Waals surface area contributed by atoms with Gasteiger partial charge in [0.2, 0.25) is 0 Å². The first-order valence-electron chi connectivity index (χ1n) is 6.05.